The van der Waals surface area contributed by atoms with Gasteiger partial charge in [0.25, 0.3) is 0 Å². The van der Waals surface area contributed by atoms with Crippen LogP contribution in [0.15, 0.2) is 35.3 Å². The fourth-order valence-corrected chi connectivity index (χ4v) is 2.36. The molecule has 0 aliphatic carbocycles. The van der Waals surface area contributed by atoms with Crippen LogP contribution in [0.1, 0.15) is 12.5 Å². The quantitative estimate of drug-likeness (QED) is 0.543. The maximum Gasteiger partial charge on any atom is 0.125 e. The number of anilines is 2. The molecule has 2 aromatic rings. The Morgan fingerprint density at radius 3 is 2.57 bits per heavy atom. The third-order valence-corrected chi connectivity index (χ3v) is 3.87. The normalized spacial score (nSPS) is 11.0. The van der Waals surface area contributed by atoms with Crippen molar-refractivity contribution in [3.8, 4) is 0 Å². The number of aryl methyl sites for hydroxylation is 1. The Morgan fingerprint density at radius 1 is 1.17 bits per heavy atom. The summed E-state index contributed by atoms with van der Waals surface area (Å²) in [5, 5.41) is 4.00. The molecule has 122 valence electrons. The second-order valence-corrected chi connectivity index (χ2v) is 6.06. The predicted octanol–water partition coefficient (Wildman–Crippen LogP) is 5.80. The van der Waals surface area contributed by atoms with Gasteiger partial charge in [0, 0.05) is 19.3 Å². The Balaban J connectivity index is 2.27. The van der Waals surface area contributed by atoms with E-state index in [4.69, 9.17) is 23.2 Å². The third kappa shape index (κ3) is 4.85. The Morgan fingerprint density at radius 2 is 1.91 bits per heavy atom. The average molecular weight is 354 g/mol. The van der Waals surface area contributed by atoms with E-state index in [1.807, 2.05) is 31.9 Å². The molecule has 0 fully saturated rings. The zero-order chi connectivity index (χ0) is 17.0. The highest BCUT2D eigenvalue weighted by Gasteiger charge is 2.08. The highest BCUT2D eigenvalue weighted by Crippen LogP contribution is 2.36. The average Bonchev–Trinajstić information content (AvgIpc) is 2.47. The lowest BCUT2D eigenvalue weighted by atomic mass is 10.2. The van der Waals surface area contributed by atoms with E-state index in [0.29, 0.717) is 27.1 Å². The lowest BCUT2D eigenvalue weighted by Crippen LogP contribution is -2.14. The van der Waals surface area contributed by atoms with Crippen molar-refractivity contribution in [1.29, 1.82) is 0 Å². The largest absolute Gasteiger partial charge is 0.366 e. The van der Waals surface area contributed by atoms with E-state index in [1.54, 1.807) is 18.5 Å². The van der Waals surface area contributed by atoms with Crippen LogP contribution < -0.4 is 5.32 Å². The molecule has 6 heteroatoms. The van der Waals surface area contributed by atoms with Gasteiger partial charge in [-0.3, -0.25) is 0 Å². The zero-order valence-electron chi connectivity index (χ0n) is 13.2. The molecule has 0 amide bonds. The number of nitrogens with zero attached hydrogens (tertiary/aromatic N) is 2. The molecule has 0 spiro atoms. The van der Waals surface area contributed by atoms with Crippen molar-refractivity contribution in [2.75, 3.05) is 18.9 Å². The number of aliphatic imine (C=N–C) groups is 1. The molecule has 0 aliphatic heterocycles. The Bertz CT molecular complexity index is 712. The lowest BCUT2D eigenvalue weighted by Gasteiger charge is -2.12. The minimum absolute atomic E-state index is 0.307. The summed E-state index contributed by atoms with van der Waals surface area (Å²) in [5.41, 5.74) is 2.61. The summed E-state index contributed by atoms with van der Waals surface area (Å²) in [7, 11) is 1.92. The predicted molar refractivity (Wildman–Crippen MR) is 97.3 cm³/mol. The van der Waals surface area contributed by atoms with E-state index in [-0.39, 0.29) is 5.82 Å². The van der Waals surface area contributed by atoms with Gasteiger partial charge in [0.1, 0.15) is 5.82 Å². The van der Waals surface area contributed by atoms with E-state index in [1.165, 1.54) is 12.1 Å². The molecule has 2 aromatic carbocycles. The van der Waals surface area contributed by atoms with E-state index in [9.17, 15) is 4.39 Å². The molecule has 0 saturated heterocycles. The maximum atomic E-state index is 13.5. The van der Waals surface area contributed by atoms with Crippen LogP contribution >= 0.6 is 23.2 Å². The molecular weight excluding hydrogens is 336 g/mol. The van der Waals surface area contributed by atoms with Crippen molar-refractivity contribution < 1.29 is 4.39 Å². The summed E-state index contributed by atoms with van der Waals surface area (Å²) in [6, 6.07) is 8.05. The van der Waals surface area contributed by atoms with Crippen LogP contribution in [0.5, 0.6) is 0 Å². The topological polar surface area (TPSA) is 27.6 Å². The van der Waals surface area contributed by atoms with Crippen LogP contribution in [-0.2, 0) is 0 Å². The van der Waals surface area contributed by atoms with Gasteiger partial charge < -0.3 is 10.2 Å². The van der Waals surface area contributed by atoms with Gasteiger partial charge in [-0.25, -0.2) is 9.38 Å². The van der Waals surface area contributed by atoms with Crippen molar-refractivity contribution in [2.24, 2.45) is 4.99 Å². The number of hydrogen-bond acceptors (Lipinski definition) is 2. The summed E-state index contributed by atoms with van der Waals surface area (Å²) >= 11 is 12.5. The van der Waals surface area contributed by atoms with Gasteiger partial charge in [-0.15, -0.1) is 0 Å². The van der Waals surface area contributed by atoms with Crippen LogP contribution in [0.2, 0.25) is 10.0 Å². The molecule has 0 bridgehead atoms. The smallest absolute Gasteiger partial charge is 0.125 e. The molecule has 0 aliphatic rings. The molecule has 23 heavy (non-hydrogen) atoms. The Labute approximate surface area is 145 Å². The number of rotatable bonds is 5. The highest BCUT2D eigenvalue weighted by atomic mass is 35.5. The SMILES string of the molecule is CCN(C)/C=N\c1cc(Cl)c(Nc2cc(C)cc(F)c2)cc1Cl. The number of halogens is 3. The first-order valence-corrected chi connectivity index (χ1v) is 7.92. The van der Waals surface area contributed by atoms with Crippen LogP contribution in [-0.4, -0.2) is 24.8 Å². The molecule has 0 unspecified atom stereocenters. The maximum absolute atomic E-state index is 13.5. The monoisotopic (exact) mass is 353 g/mol. The summed E-state index contributed by atoms with van der Waals surface area (Å²) in [6.07, 6.45) is 1.70. The summed E-state index contributed by atoms with van der Waals surface area (Å²) < 4.78 is 13.5. The van der Waals surface area contributed by atoms with E-state index >= 15 is 0 Å². The first-order valence-electron chi connectivity index (χ1n) is 7.16. The molecule has 3 nitrogen and oxygen atoms in total. The zero-order valence-corrected chi connectivity index (χ0v) is 14.7. The van der Waals surface area contributed by atoms with Gasteiger partial charge >= 0.3 is 0 Å². The van der Waals surface area contributed by atoms with Gasteiger partial charge in [-0.05, 0) is 49.7 Å². The van der Waals surface area contributed by atoms with E-state index in [2.05, 4.69) is 10.3 Å². The summed E-state index contributed by atoms with van der Waals surface area (Å²) in [6.45, 7) is 4.69. The standard InChI is InChI=1S/C17H18Cl2FN3/c1-4-23(3)10-21-16-8-15(19)17(9-14(16)18)22-13-6-11(2)5-12(20)7-13/h5-10,22H,4H2,1-3H3/b21-10-. The van der Waals surface area contributed by atoms with Crippen molar-refractivity contribution in [3.63, 3.8) is 0 Å². The number of nitrogens with one attached hydrogen (secondary N) is 1. The molecule has 0 heterocycles. The number of hydrogen-bond donors (Lipinski definition) is 1. The molecule has 0 saturated carbocycles. The van der Waals surface area contributed by atoms with Crippen molar-refractivity contribution in [2.45, 2.75) is 13.8 Å². The third-order valence-electron chi connectivity index (χ3n) is 3.25. The molecular formula is C17H18Cl2FN3. The van der Waals surface area contributed by atoms with E-state index in [0.717, 1.165) is 12.1 Å². The summed E-state index contributed by atoms with van der Waals surface area (Å²) in [4.78, 5) is 6.23. The second kappa shape index (κ2) is 7.66. The van der Waals surface area contributed by atoms with Gasteiger partial charge in [0.05, 0.1) is 27.8 Å². The minimum atomic E-state index is -0.307. The van der Waals surface area contributed by atoms with Gasteiger partial charge in [0.2, 0.25) is 0 Å². The Hall–Kier alpha value is -1.78. The van der Waals surface area contributed by atoms with Gasteiger partial charge in [-0.2, -0.15) is 0 Å². The van der Waals surface area contributed by atoms with Crippen LogP contribution in [0.3, 0.4) is 0 Å². The Kier molecular flexibility index (Phi) is 5.85. The number of benzene rings is 2. The van der Waals surface area contributed by atoms with Crippen LogP contribution in [0, 0.1) is 12.7 Å². The highest BCUT2D eigenvalue weighted by molar-refractivity contribution is 6.37. The molecule has 0 atom stereocenters. The molecule has 0 aromatic heterocycles. The first-order chi connectivity index (χ1) is 10.9. The molecule has 0 radical (unpaired) electrons. The minimum Gasteiger partial charge on any atom is -0.366 e. The fraction of sp³-hybridized carbons (Fsp3) is 0.235. The van der Waals surface area contributed by atoms with E-state index < -0.39 is 0 Å². The van der Waals surface area contributed by atoms with Gasteiger partial charge in [-0.1, -0.05) is 23.2 Å². The second-order valence-electron chi connectivity index (χ2n) is 5.24. The van der Waals surface area contributed by atoms with Crippen LogP contribution in [0.25, 0.3) is 0 Å². The fourth-order valence-electron chi connectivity index (χ4n) is 1.94. The molecule has 2 rings (SSSR count). The van der Waals surface area contributed by atoms with Crippen molar-refractivity contribution >= 4 is 46.6 Å². The van der Waals surface area contributed by atoms with Crippen LogP contribution in [0.4, 0.5) is 21.5 Å². The van der Waals surface area contributed by atoms with Crippen molar-refractivity contribution in [3.05, 3.63) is 51.8 Å². The molecule has 1 N–H and O–H groups in total. The first kappa shape index (κ1) is 17.6. The van der Waals surface area contributed by atoms with Gasteiger partial charge in [0.15, 0.2) is 0 Å². The summed E-state index contributed by atoms with van der Waals surface area (Å²) in [5.74, 6) is -0.307. The van der Waals surface area contributed by atoms with Crippen molar-refractivity contribution in [1.82, 2.24) is 4.90 Å². The lowest BCUT2D eigenvalue weighted by molar-refractivity contribution is 0.552.